The van der Waals surface area contributed by atoms with Crippen molar-refractivity contribution in [1.29, 1.82) is 0 Å². The number of amides is 2. The Balaban J connectivity index is 1.52. The van der Waals surface area contributed by atoms with Gasteiger partial charge in [-0.05, 0) is 43.8 Å². The third-order valence-electron chi connectivity index (χ3n) is 5.20. The molecule has 150 valence electrons. The minimum atomic E-state index is -0.0572. The van der Waals surface area contributed by atoms with E-state index in [1.807, 2.05) is 35.0 Å². The summed E-state index contributed by atoms with van der Waals surface area (Å²) >= 11 is 0. The number of anilines is 1. The van der Waals surface area contributed by atoms with E-state index >= 15 is 0 Å². The van der Waals surface area contributed by atoms with Crippen LogP contribution >= 0.6 is 0 Å². The number of carbonyl (C=O) groups excluding carboxylic acids is 2. The van der Waals surface area contributed by atoms with E-state index in [9.17, 15) is 9.59 Å². The predicted molar refractivity (Wildman–Crippen MR) is 109 cm³/mol. The first kappa shape index (κ1) is 20.1. The van der Waals surface area contributed by atoms with Gasteiger partial charge in [-0.25, -0.2) is 4.68 Å². The van der Waals surface area contributed by atoms with Gasteiger partial charge in [0, 0.05) is 24.6 Å². The normalized spacial score (nSPS) is 13.7. The molecular weight excluding hydrogens is 354 g/mol. The Morgan fingerprint density at radius 1 is 1.18 bits per heavy atom. The van der Waals surface area contributed by atoms with Crippen molar-refractivity contribution in [3.8, 4) is 0 Å². The summed E-state index contributed by atoms with van der Waals surface area (Å²) in [4.78, 5) is 28.7. The van der Waals surface area contributed by atoms with Crippen LogP contribution in [0.3, 0.4) is 0 Å². The van der Waals surface area contributed by atoms with Gasteiger partial charge in [-0.1, -0.05) is 26.0 Å². The Bertz CT molecular complexity index is 795. The summed E-state index contributed by atoms with van der Waals surface area (Å²) < 4.78 is 1.85. The molecule has 1 N–H and O–H groups in total. The van der Waals surface area contributed by atoms with E-state index in [2.05, 4.69) is 29.2 Å². The highest BCUT2D eigenvalue weighted by atomic mass is 16.2. The lowest BCUT2D eigenvalue weighted by atomic mass is 10.1. The average molecular weight is 383 g/mol. The van der Waals surface area contributed by atoms with Gasteiger partial charge >= 0.3 is 0 Å². The lowest BCUT2D eigenvalue weighted by molar-refractivity contribution is -0.119. The number of aryl methyl sites for hydroxylation is 1. The van der Waals surface area contributed by atoms with Crippen LogP contribution in [0.5, 0.6) is 0 Å². The number of aromatic nitrogens is 2. The second-order valence-corrected chi connectivity index (χ2v) is 6.98. The molecule has 0 bridgehead atoms. The molecule has 1 aromatic heterocycles. The lowest BCUT2D eigenvalue weighted by Gasteiger charge is -2.27. The van der Waals surface area contributed by atoms with Crippen molar-refractivity contribution in [2.75, 3.05) is 31.1 Å². The molecule has 7 heteroatoms. The zero-order chi connectivity index (χ0) is 19.9. The maximum Gasteiger partial charge on any atom is 0.251 e. The fourth-order valence-electron chi connectivity index (χ4n) is 3.45. The fraction of sp³-hybridized carbons (Fsp3) is 0.476. The highest BCUT2D eigenvalue weighted by molar-refractivity contribution is 5.95. The van der Waals surface area contributed by atoms with E-state index in [0.29, 0.717) is 31.6 Å². The number of hydrogen-bond donors (Lipinski definition) is 1. The third-order valence-corrected chi connectivity index (χ3v) is 5.20. The van der Waals surface area contributed by atoms with Crippen molar-refractivity contribution in [3.05, 3.63) is 47.7 Å². The van der Waals surface area contributed by atoms with Gasteiger partial charge in [0.1, 0.15) is 5.82 Å². The predicted octanol–water partition coefficient (Wildman–Crippen LogP) is 2.28. The molecule has 0 radical (unpaired) electrons. The van der Waals surface area contributed by atoms with Gasteiger partial charge in [0.05, 0.1) is 19.3 Å². The molecule has 0 atom stereocenters. The number of nitrogens with zero attached hydrogens (tertiary/aromatic N) is 4. The van der Waals surface area contributed by atoms with E-state index in [-0.39, 0.29) is 11.8 Å². The van der Waals surface area contributed by atoms with Crippen LogP contribution in [-0.4, -0.2) is 52.7 Å². The van der Waals surface area contributed by atoms with Gasteiger partial charge in [0.2, 0.25) is 5.91 Å². The molecule has 1 aromatic carbocycles. The molecule has 0 saturated heterocycles. The molecular formula is C21H29N5O2. The second kappa shape index (κ2) is 9.50. The quantitative estimate of drug-likeness (QED) is 0.675. The van der Waals surface area contributed by atoms with Crippen molar-refractivity contribution in [2.45, 2.75) is 39.8 Å². The Morgan fingerprint density at radius 2 is 1.93 bits per heavy atom. The topological polar surface area (TPSA) is 70.5 Å². The fourth-order valence-corrected chi connectivity index (χ4v) is 3.45. The van der Waals surface area contributed by atoms with Crippen LogP contribution in [0.25, 0.3) is 0 Å². The Morgan fingerprint density at radius 3 is 2.64 bits per heavy atom. The van der Waals surface area contributed by atoms with Crippen LogP contribution in [0.4, 0.5) is 5.82 Å². The van der Waals surface area contributed by atoms with E-state index in [4.69, 9.17) is 0 Å². The molecule has 1 aliphatic heterocycles. The number of nitrogens with one attached hydrogen (secondary N) is 1. The van der Waals surface area contributed by atoms with Crippen molar-refractivity contribution in [2.24, 2.45) is 0 Å². The molecule has 0 aliphatic carbocycles. The number of hydrogen-bond acceptors (Lipinski definition) is 4. The molecule has 2 amide bonds. The van der Waals surface area contributed by atoms with Crippen LogP contribution in [0.1, 0.15) is 42.6 Å². The van der Waals surface area contributed by atoms with Crippen LogP contribution < -0.4 is 10.2 Å². The van der Waals surface area contributed by atoms with Crippen LogP contribution in [0.2, 0.25) is 0 Å². The highest BCUT2D eigenvalue weighted by Gasteiger charge is 2.24. The first-order valence-corrected chi connectivity index (χ1v) is 10.0. The number of carbonyl (C=O) groups is 2. The SMILES string of the molecule is CCN(CC)CCCNC(=O)c1ccc(CN2C(=O)CCn3nccc32)cc1. The molecule has 2 aromatic rings. The van der Waals surface area contributed by atoms with Crippen LogP contribution in [-0.2, 0) is 17.9 Å². The van der Waals surface area contributed by atoms with E-state index in [1.165, 1.54) is 0 Å². The minimum Gasteiger partial charge on any atom is -0.352 e. The smallest absolute Gasteiger partial charge is 0.251 e. The van der Waals surface area contributed by atoms with Gasteiger partial charge in [0.15, 0.2) is 0 Å². The summed E-state index contributed by atoms with van der Waals surface area (Å²) in [5, 5.41) is 7.22. The Labute approximate surface area is 166 Å². The summed E-state index contributed by atoms with van der Waals surface area (Å²) in [5.41, 5.74) is 1.63. The molecule has 0 spiro atoms. The molecule has 0 fully saturated rings. The number of fused-ring (bicyclic) bond motifs is 1. The minimum absolute atomic E-state index is 0.0572. The number of benzene rings is 1. The molecule has 0 unspecified atom stereocenters. The Hall–Kier alpha value is -2.67. The monoisotopic (exact) mass is 383 g/mol. The van der Waals surface area contributed by atoms with E-state index in [0.717, 1.165) is 37.4 Å². The maximum atomic E-state index is 12.3. The van der Waals surface area contributed by atoms with Crippen molar-refractivity contribution >= 4 is 17.6 Å². The Kier molecular flexibility index (Phi) is 6.81. The van der Waals surface area contributed by atoms with E-state index in [1.54, 1.807) is 11.1 Å². The summed E-state index contributed by atoms with van der Waals surface area (Å²) in [5.74, 6) is 0.868. The number of rotatable bonds is 9. The average Bonchev–Trinajstić information content (AvgIpc) is 3.20. The summed E-state index contributed by atoms with van der Waals surface area (Å²) in [6.07, 6.45) is 3.12. The second-order valence-electron chi connectivity index (χ2n) is 6.98. The summed E-state index contributed by atoms with van der Waals surface area (Å²) in [6, 6.07) is 9.32. The van der Waals surface area contributed by atoms with Crippen LogP contribution in [0, 0.1) is 0 Å². The largest absolute Gasteiger partial charge is 0.352 e. The van der Waals surface area contributed by atoms with Gasteiger partial charge in [-0.15, -0.1) is 0 Å². The summed E-state index contributed by atoms with van der Waals surface area (Å²) in [7, 11) is 0. The molecule has 0 saturated carbocycles. The highest BCUT2D eigenvalue weighted by Crippen LogP contribution is 2.22. The molecule has 1 aliphatic rings. The molecule has 3 rings (SSSR count). The summed E-state index contributed by atoms with van der Waals surface area (Å²) in [6.45, 7) is 9.14. The van der Waals surface area contributed by atoms with Crippen molar-refractivity contribution in [1.82, 2.24) is 20.0 Å². The van der Waals surface area contributed by atoms with Gasteiger partial charge in [-0.3, -0.25) is 14.5 Å². The third kappa shape index (κ3) is 4.78. The van der Waals surface area contributed by atoms with Crippen molar-refractivity contribution in [3.63, 3.8) is 0 Å². The standard InChI is InChI=1S/C21H29N5O2/c1-3-24(4-2)14-5-12-22-21(28)18-8-6-17(7-9-18)16-25-19-10-13-23-26(19)15-11-20(25)27/h6-10,13H,3-5,11-12,14-16H2,1-2H3,(H,22,28). The molecule has 7 nitrogen and oxygen atoms in total. The van der Waals surface area contributed by atoms with E-state index < -0.39 is 0 Å². The van der Waals surface area contributed by atoms with Crippen molar-refractivity contribution < 1.29 is 9.59 Å². The van der Waals surface area contributed by atoms with Crippen LogP contribution in [0.15, 0.2) is 36.5 Å². The first-order valence-electron chi connectivity index (χ1n) is 10.0. The zero-order valence-electron chi connectivity index (χ0n) is 16.7. The van der Waals surface area contributed by atoms with Gasteiger partial charge in [0.25, 0.3) is 5.91 Å². The van der Waals surface area contributed by atoms with Gasteiger partial charge in [-0.2, -0.15) is 5.10 Å². The lowest BCUT2D eigenvalue weighted by Crippen LogP contribution is -2.36. The maximum absolute atomic E-state index is 12.3. The molecule has 2 heterocycles. The van der Waals surface area contributed by atoms with Gasteiger partial charge < -0.3 is 10.2 Å². The molecule has 28 heavy (non-hydrogen) atoms. The first-order chi connectivity index (χ1) is 13.6. The zero-order valence-corrected chi connectivity index (χ0v) is 16.7.